The summed E-state index contributed by atoms with van der Waals surface area (Å²) < 4.78 is 23.3. The van der Waals surface area contributed by atoms with Crippen molar-refractivity contribution in [1.82, 2.24) is 0 Å². The summed E-state index contributed by atoms with van der Waals surface area (Å²) in [6, 6.07) is 7.09. The molecule has 0 aliphatic heterocycles. The van der Waals surface area contributed by atoms with Gasteiger partial charge in [-0.15, -0.1) is 0 Å². The molecule has 0 bridgehead atoms. The van der Waals surface area contributed by atoms with E-state index in [1.165, 1.54) is 6.26 Å². The van der Waals surface area contributed by atoms with Crippen LogP contribution in [0.2, 0.25) is 0 Å². The number of rotatable bonds is 1. The molecule has 0 saturated heterocycles. The highest BCUT2D eigenvalue weighted by Crippen LogP contribution is 2.38. The van der Waals surface area contributed by atoms with E-state index < -0.39 is 15.9 Å². The zero-order chi connectivity index (χ0) is 11.9. The molecule has 86 valence electrons. The van der Waals surface area contributed by atoms with Gasteiger partial charge < -0.3 is 5.11 Å². The molecule has 3 nitrogen and oxygen atoms in total. The molecule has 16 heavy (non-hydrogen) atoms. The number of sulfone groups is 1. The molecule has 0 fully saturated rings. The molecule has 1 aliphatic rings. The van der Waals surface area contributed by atoms with Crippen LogP contribution in [0, 0.1) is 5.92 Å². The Labute approximate surface area is 95.3 Å². The van der Waals surface area contributed by atoms with E-state index in [9.17, 15) is 13.5 Å². The van der Waals surface area contributed by atoms with Crippen LogP contribution < -0.4 is 0 Å². The van der Waals surface area contributed by atoms with Gasteiger partial charge in [-0.1, -0.05) is 37.3 Å². The van der Waals surface area contributed by atoms with Crippen LogP contribution in [0.4, 0.5) is 0 Å². The molecule has 0 aromatic heterocycles. The number of hydrogen-bond donors (Lipinski definition) is 1. The number of aliphatic hydroxyl groups is 1. The molecule has 0 radical (unpaired) electrons. The highest BCUT2D eigenvalue weighted by atomic mass is 32.2. The number of aliphatic hydroxyl groups excluding tert-OH is 1. The normalized spacial score (nSPS) is 24.8. The molecular weight excluding hydrogens is 224 g/mol. The predicted octanol–water partition coefficient (Wildman–Crippen LogP) is 1.76. The van der Waals surface area contributed by atoms with Crippen molar-refractivity contribution in [1.29, 1.82) is 0 Å². The fourth-order valence-electron chi connectivity index (χ4n) is 2.01. The van der Waals surface area contributed by atoms with Gasteiger partial charge in [0.05, 0.1) is 11.0 Å². The lowest BCUT2D eigenvalue weighted by Gasteiger charge is -2.26. The van der Waals surface area contributed by atoms with Crippen molar-refractivity contribution >= 4 is 14.7 Å². The van der Waals surface area contributed by atoms with Crippen LogP contribution in [-0.2, 0) is 9.84 Å². The van der Waals surface area contributed by atoms with Crippen LogP contribution in [0.3, 0.4) is 0 Å². The van der Waals surface area contributed by atoms with Gasteiger partial charge in [-0.25, -0.2) is 8.42 Å². The molecule has 4 heteroatoms. The topological polar surface area (TPSA) is 54.4 Å². The molecule has 0 heterocycles. The first-order valence-corrected chi connectivity index (χ1v) is 6.99. The first kappa shape index (κ1) is 11.4. The van der Waals surface area contributed by atoms with Crippen LogP contribution in [0.25, 0.3) is 4.91 Å². The van der Waals surface area contributed by atoms with Gasteiger partial charge in [0.2, 0.25) is 0 Å². The summed E-state index contributed by atoms with van der Waals surface area (Å²) in [7, 11) is -3.25. The third kappa shape index (κ3) is 1.79. The predicted molar refractivity (Wildman–Crippen MR) is 63.4 cm³/mol. The Bertz CT molecular complexity index is 543. The van der Waals surface area contributed by atoms with Gasteiger partial charge in [0, 0.05) is 12.2 Å². The third-order valence-corrected chi connectivity index (χ3v) is 4.01. The van der Waals surface area contributed by atoms with Gasteiger partial charge in [-0.05, 0) is 11.1 Å². The second kappa shape index (κ2) is 3.71. The fourth-order valence-corrected chi connectivity index (χ4v) is 3.05. The largest absolute Gasteiger partial charge is 0.388 e. The van der Waals surface area contributed by atoms with Crippen molar-refractivity contribution in [2.24, 2.45) is 5.92 Å². The average molecular weight is 238 g/mol. The molecule has 1 aliphatic carbocycles. The fraction of sp³-hybridized carbons (Fsp3) is 0.333. The summed E-state index contributed by atoms with van der Waals surface area (Å²) in [6.45, 7) is 1.81. The van der Waals surface area contributed by atoms with Gasteiger partial charge in [0.1, 0.15) is 0 Å². The van der Waals surface area contributed by atoms with Crippen molar-refractivity contribution in [2.45, 2.75) is 13.0 Å². The Morgan fingerprint density at radius 2 is 1.88 bits per heavy atom. The lowest BCUT2D eigenvalue weighted by atomic mass is 9.88. The summed E-state index contributed by atoms with van der Waals surface area (Å²) in [5.41, 5.74) is 1.31. The Morgan fingerprint density at radius 3 is 2.50 bits per heavy atom. The molecule has 1 aromatic carbocycles. The molecule has 0 amide bonds. The summed E-state index contributed by atoms with van der Waals surface area (Å²) in [5, 5.41) is 9.97. The maximum absolute atomic E-state index is 11.7. The first-order chi connectivity index (χ1) is 7.41. The van der Waals surface area contributed by atoms with Crippen LogP contribution >= 0.6 is 0 Å². The Balaban J connectivity index is 2.69. The highest BCUT2D eigenvalue weighted by molar-refractivity contribution is 8.00. The van der Waals surface area contributed by atoms with Crippen molar-refractivity contribution < 1.29 is 13.5 Å². The molecule has 1 aromatic rings. The lowest BCUT2D eigenvalue weighted by molar-refractivity contribution is 0.138. The Hall–Kier alpha value is -1.13. The molecule has 0 saturated carbocycles. The minimum absolute atomic E-state index is 0.181. The molecule has 1 N–H and O–H groups in total. The average Bonchev–Trinajstić information content (AvgIpc) is 2.22. The Kier molecular flexibility index (Phi) is 2.64. The number of fused-ring (bicyclic) bond motifs is 1. The number of hydrogen-bond acceptors (Lipinski definition) is 3. The van der Waals surface area contributed by atoms with E-state index in [1.54, 1.807) is 30.3 Å². The summed E-state index contributed by atoms with van der Waals surface area (Å²) in [6.07, 6.45) is 2.20. The van der Waals surface area contributed by atoms with Gasteiger partial charge in [0.15, 0.2) is 9.84 Å². The van der Waals surface area contributed by atoms with E-state index >= 15 is 0 Å². The van der Waals surface area contributed by atoms with Crippen molar-refractivity contribution in [3.63, 3.8) is 0 Å². The standard InChI is InChI=1S/C12H14O3S/c1-8-7-11(16(2,14)15)9-5-3-4-6-10(9)12(8)13/h3-8,12-13H,1-2H3/t8-,12-/m0/s1. The van der Waals surface area contributed by atoms with Crippen molar-refractivity contribution in [3.05, 3.63) is 41.5 Å². The molecule has 0 unspecified atom stereocenters. The van der Waals surface area contributed by atoms with Crippen LogP contribution in [-0.4, -0.2) is 19.8 Å². The summed E-state index contributed by atoms with van der Waals surface area (Å²) in [5.74, 6) is -0.181. The summed E-state index contributed by atoms with van der Waals surface area (Å²) >= 11 is 0. The molecule has 0 spiro atoms. The van der Waals surface area contributed by atoms with Crippen LogP contribution in [0.15, 0.2) is 30.3 Å². The summed E-state index contributed by atoms with van der Waals surface area (Å²) in [4.78, 5) is 0.320. The lowest BCUT2D eigenvalue weighted by Crippen LogP contribution is -2.17. The van der Waals surface area contributed by atoms with Crippen molar-refractivity contribution in [3.8, 4) is 0 Å². The van der Waals surface area contributed by atoms with Crippen LogP contribution in [0.5, 0.6) is 0 Å². The first-order valence-electron chi connectivity index (χ1n) is 5.10. The zero-order valence-electron chi connectivity index (χ0n) is 9.21. The second-order valence-electron chi connectivity index (χ2n) is 4.19. The van der Waals surface area contributed by atoms with E-state index in [2.05, 4.69) is 0 Å². The SMILES string of the molecule is C[C@H]1C=C(S(C)(=O)=O)c2ccccc2[C@H]1O. The maximum atomic E-state index is 11.7. The third-order valence-electron chi connectivity index (χ3n) is 2.86. The molecule has 2 rings (SSSR count). The van der Waals surface area contributed by atoms with E-state index in [-0.39, 0.29) is 5.92 Å². The van der Waals surface area contributed by atoms with Gasteiger partial charge in [-0.2, -0.15) is 0 Å². The van der Waals surface area contributed by atoms with E-state index in [4.69, 9.17) is 0 Å². The van der Waals surface area contributed by atoms with E-state index in [0.29, 0.717) is 16.0 Å². The van der Waals surface area contributed by atoms with Crippen LogP contribution in [0.1, 0.15) is 24.2 Å². The minimum Gasteiger partial charge on any atom is -0.388 e. The quantitative estimate of drug-likeness (QED) is 0.811. The zero-order valence-corrected chi connectivity index (χ0v) is 10.0. The van der Waals surface area contributed by atoms with E-state index in [1.807, 2.05) is 6.92 Å². The Morgan fingerprint density at radius 1 is 1.25 bits per heavy atom. The minimum atomic E-state index is -3.25. The smallest absolute Gasteiger partial charge is 0.175 e. The maximum Gasteiger partial charge on any atom is 0.175 e. The number of benzene rings is 1. The highest BCUT2D eigenvalue weighted by Gasteiger charge is 2.28. The van der Waals surface area contributed by atoms with Crippen molar-refractivity contribution in [2.75, 3.05) is 6.26 Å². The van der Waals surface area contributed by atoms with Gasteiger partial charge in [0.25, 0.3) is 0 Å². The van der Waals surface area contributed by atoms with Gasteiger partial charge >= 0.3 is 0 Å². The second-order valence-corrected chi connectivity index (χ2v) is 6.18. The van der Waals surface area contributed by atoms with E-state index in [0.717, 1.165) is 0 Å². The monoisotopic (exact) mass is 238 g/mol. The van der Waals surface area contributed by atoms with Gasteiger partial charge in [-0.3, -0.25) is 0 Å². The molecular formula is C12H14O3S. The molecule has 2 atom stereocenters.